The Labute approximate surface area is 197 Å². The lowest BCUT2D eigenvalue weighted by molar-refractivity contribution is -0.138. The summed E-state index contributed by atoms with van der Waals surface area (Å²) in [6.07, 6.45) is -0.509. The molecule has 0 aliphatic carbocycles. The maximum atomic E-state index is 12.7. The molecule has 0 saturated carbocycles. The second-order valence-electron chi connectivity index (χ2n) is 7.99. The van der Waals surface area contributed by atoms with Gasteiger partial charge in [-0.2, -0.15) is 18.3 Å². The highest BCUT2D eigenvalue weighted by atomic mass is 35.5. The molecule has 0 aromatic carbocycles. The van der Waals surface area contributed by atoms with Crippen molar-refractivity contribution >= 4 is 23.5 Å². The molecular formula is C20H22ClF3N6O4. The van der Waals surface area contributed by atoms with Gasteiger partial charge in [-0.15, -0.1) is 0 Å². The summed E-state index contributed by atoms with van der Waals surface area (Å²) < 4.78 is 49.4. The second-order valence-corrected chi connectivity index (χ2v) is 8.37. The number of anilines is 1. The molecule has 2 atom stereocenters. The molecule has 10 nitrogen and oxygen atoms in total. The van der Waals surface area contributed by atoms with Gasteiger partial charge >= 0.3 is 6.18 Å². The lowest BCUT2D eigenvalue weighted by atomic mass is 10.1. The van der Waals surface area contributed by atoms with Gasteiger partial charge in [-0.3, -0.25) is 9.59 Å². The van der Waals surface area contributed by atoms with Crippen LogP contribution >= 0.6 is 11.6 Å². The first kappa shape index (κ1) is 24.2. The van der Waals surface area contributed by atoms with Crippen LogP contribution in [0.25, 0.3) is 0 Å². The number of rotatable bonds is 6. The smallest absolute Gasteiger partial charge is 0.419 e. The van der Waals surface area contributed by atoms with Gasteiger partial charge in [-0.25, -0.2) is 15.1 Å². The Morgan fingerprint density at radius 1 is 1.15 bits per heavy atom. The summed E-state index contributed by atoms with van der Waals surface area (Å²) in [5.41, 5.74) is -1.44. The van der Waals surface area contributed by atoms with Crippen LogP contribution < -0.4 is 15.2 Å². The summed E-state index contributed by atoms with van der Waals surface area (Å²) in [4.78, 5) is 35.2. The Morgan fingerprint density at radius 2 is 1.82 bits per heavy atom. The van der Waals surface area contributed by atoms with Crippen LogP contribution in [0.1, 0.15) is 24.8 Å². The van der Waals surface area contributed by atoms with E-state index in [1.165, 1.54) is 6.20 Å². The van der Waals surface area contributed by atoms with Gasteiger partial charge in [-0.05, 0) is 12.8 Å². The average molecular weight is 503 g/mol. The van der Waals surface area contributed by atoms with E-state index in [-0.39, 0.29) is 47.9 Å². The quantitative estimate of drug-likeness (QED) is 0.637. The van der Waals surface area contributed by atoms with Crippen molar-refractivity contribution in [1.29, 1.82) is 0 Å². The molecule has 0 spiro atoms. The standard InChI is InChI=1S/C20H22ClF3N6O4/c21-17-15(10-27-28-18(17)32)33-11-14-2-1-13(34-14)7-16(31)29-3-5-30(6-4-29)19-25-8-12(9-26-19)20(22,23)24/h8-10,13-14H,1-7,11H2,(H,28,32)/t13?,14-/m0/s1. The molecule has 1 amide bonds. The minimum absolute atomic E-state index is 0.0543. The zero-order valence-electron chi connectivity index (χ0n) is 17.9. The largest absolute Gasteiger partial charge is 0.487 e. The van der Waals surface area contributed by atoms with Crippen LogP contribution in [0.4, 0.5) is 19.1 Å². The van der Waals surface area contributed by atoms with Crippen LogP contribution in [0.2, 0.25) is 5.02 Å². The molecule has 34 heavy (non-hydrogen) atoms. The number of nitrogens with one attached hydrogen (secondary N) is 1. The van der Waals surface area contributed by atoms with Gasteiger partial charge in [0.25, 0.3) is 5.56 Å². The Bertz CT molecular complexity index is 1060. The fourth-order valence-corrected chi connectivity index (χ4v) is 3.96. The normalized spacial score (nSPS) is 21.1. The average Bonchev–Trinajstić information content (AvgIpc) is 3.27. The third-order valence-corrected chi connectivity index (χ3v) is 6.02. The van der Waals surface area contributed by atoms with Gasteiger partial charge in [0.05, 0.1) is 30.4 Å². The number of hydrogen-bond acceptors (Lipinski definition) is 8. The molecule has 2 aliphatic heterocycles. The highest BCUT2D eigenvalue weighted by Crippen LogP contribution is 2.29. The van der Waals surface area contributed by atoms with E-state index < -0.39 is 17.3 Å². The number of carbonyl (C=O) groups is 1. The molecule has 2 aliphatic rings. The molecule has 2 aromatic rings. The van der Waals surface area contributed by atoms with Crippen molar-refractivity contribution < 1.29 is 27.4 Å². The van der Waals surface area contributed by atoms with Gasteiger partial charge in [0.2, 0.25) is 11.9 Å². The summed E-state index contributed by atoms with van der Waals surface area (Å²) in [5.74, 6) is 0.322. The summed E-state index contributed by atoms with van der Waals surface area (Å²) in [7, 11) is 0. The van der Waals surface area contributed by atoms with Gasteiger partial charge in [-0.1, -0.05) is 11.6 Å². The Hall–Kier alpha value is -2.93. The molecule has 2 saturated heterocycles. The van der Waals surface area contributed by atoms with Gasteiger partial charge in [0.15, 0.2) is 10.8 Å². The number of alkyl halides is 3. The fraction of sp³-hybridized carbons (Fsp3) is 0.550. The summed E-state index contributed by atoms with van der Waals surface area (Å²) in [5, 5.41) is 5.76. The summed E-state index contributed by atoms with van der Waals surface area (Å²) in [6, 6.07) is 0. The molecule has 1 unspecified atom stereocenters. The van der Waals surface area contributed by atoms with E-state index in [1.807, 2.05) is 0 Å². The number of carbonyl (C=O) groups excluding carboxylic acids is 1. The number of aromatic nitrogens is 4. The summed E-state index contributed by atoms with van der Waals surface area (Å²) >= 11 is 5.88. The van der Waals surface area contributed by atoms with Crippen LogP contribution in [0.15, 0.2) is 23.4 Å². The van der Waals surface area contributed by atoms with Crippen molar-refractivity contribution in [2.24, 2.45) is 0 Å². The van der Waals surface area contributed by atoms with Crippen molar-refractivity contribution in [1.82, 2.24) is 25.1 Å². The molecule has 0 radical (unpaired) electrons. The predicted octanol–water partition coefficient (Wildman–Crippen LogP) is 1.90. The van der Waals surface area contributed by atoms with Crippen molar-refractivity contribution in [3.8, 4) is 5.75 Å². The van der Waals surface area contributed by atoms with E-state index >= 15 is 0 Å². The first-order valence-corrected chi connectivity index (χ1v) is 11.0. The number of halogens is 4. The van der Waals surface area contributed by atoms with E-state index in [9.17, 15) is 22.8 Å². The molecular weight excluding hydrogens is 481 g/mol. The van der Waals surface area contributed by atoms with E-state index in [0.717, 1.165) is 12.4 Å². The zero-order valence-corrected chi connectivity index (χ0v) is 18.7. The Morgan fingerprint density at radius 3 is 2.50 bits per heavy atom. The lowest BCUT2D eigenvalue weighted by Gasteiger charge is -2.35. The molecule has 184 valence electrons. The second kappa shape index (κ2) is 10.1. The fourth-order valence-electron chi connectivity index (χ4n) is 3.81. The van der Waals surface area contributed by atoms with Crippen molar-refractivity contribution in [3.63, 3.8) is 0 Å². The van der Waals surface area contributed by atoms with Gasteiger partial charge in [0, 0.05) is 38.6 Å². The Kier molecular flexibility index (Phi) is 7.22. The molecule has 2 aromatic heterocycles. The molecule has 0 bridgehead atoms. The first-order chi connectivity index (χ1) is 16.2. The third-order valence-electron chi connectivity index (χ3n) is 5.67. The maximum Gasteiger partial charge on any atom is 0.419 e. The minimum Gasteiger partial charge on any atom is -0.487 e. The highest BCUT2D eigenvalue weighted by molar-refractivity contribution is 6.31. The van der Waals surface area contributed by atoms with E-state index in [1.54, 1.807) is 9.80 Å². The van der Waals surface area contributed by atoms with Crippen LogP contribution in [0.5, 0.6) is 5.75 Å². The SMILES string of the molecule is O=C(CC1CC[C@@H](COc2cn[nH]c(=O)c2Cl)O1)N1CCN(c2ncc(C(F)(F)F)cn2)CC1. The van der Waals surface area contributed by atoms with Crippen molar-refractivity contribution in [2.45, 2.75) is 37.6 Å². The predicted molar refractivity (Wildman–Crippen MR) is 114 cm³/mol. The van der Waals surface area contributed by atoms with Crippen LogP contribution in [-0.2, 0) is 15.7 Å². The highest BCUT2D eigenvalue weighted by Gasteiger charge is 2.33. The molecule has 1 N–H and O–H groups in total. The number of amides is 1. The molecule has 2 fully saturated rings. The van der Waals surface area contributed by atoms with Crippen LogP contribution in [0.3, 0.4) is 0 Å². The monoisotopic (exact) mass is 502 g/mol. The molecule has 4 heterocycles. The van der Waals surface area contributed by atoms with Crippen LogP contribution in [-0.4, -0.2) is 76.0 Å². The van der Waals surface area contributed by atoms with Crippen molar-refractivity contribution in [3.05, 3.63) is 39.5 Å². The third kappa shape index (κ3) is 5.76. The number of H-pyrrole nitrogens is 1. The number of aromatic amines is 1. The number of hydrogen-bond donors (Lipinski definition) is 1. The topological polar surface area (TPSA) is 114 Å². The lowest BCUT2D eigenvalue weighted by Crippen LogP contribution is -2.49. The van der Waals surface area contributed by atoms with Crippen LogP contribution in [0, 0.1) is 0 Å². The van der Waals surface area contributed by atoms with E-state index in [2.05, 4.69) is 20.2 Å². The molecule has 14 heteroatoms. The number of nitrogens with zero attached hydrogens (tertiary/aromatic N) is 5. The van der Waals surface area contributed by atoms with Gasteiger partial charge in [0.1, 0.15) is 6.61 Å². The minimum atomic E-state index is -4.48. The number of piperazine rings is 1. The summed E-state index contributed by atoms with van der Waals surface area (Å²) in [6.45, 7) is 1.85. The Balaban J connectivity index is 1.21. The van der Waals surface area contributed by atoms with Gasteiger partial charge < -0.3 is 19.3 Å². The molecule has 4 rings (SSSR count). The maximum absolute atomic E-state index is 12.7. The van der Waals surface area contributed by atoms with Crippen molar-refractivity contribution in [2.75, 3.05) is 37.7 Å². The number of ether oxygens (including phenoxy) is 2. The van der Waals surface area contributed by atoms with E-state index in [4.69, 9.17) is 21.1 Å². The van der Waals surface area contributed by atoms with E-state index in [0.29, 0.717) is 39.0 Å². The zero-order chi connectivity index (χ0) is 24.3. The first-order valence-electron chi connectivity index (χ1n) is 10.6.